The van der Waals surface area contributed by atoms with Crippen LogP contribution in [0.25, 0.3) is 0 Å². The van der Waals surface area contributed by atoms with Crippen LogP contribution in [-0.2, 0) is 10.3 Å². The van der Waals surface area contributed by atoms with Gasteiger partial charge in [0, 0.05) is 0 Å². The number of H-pyrrole nitrogens is 1. The number of nitrogens with zero attached hydrogens (tertiary/aromatic N) is 2. The van der Waals surface area contributed by atoms with Crippen molar-refractivity contribution < 1.29 is 9.90 Å². The van der Waals surface area contributed by atoms with E-state index in [4.69, 9.17) is 5.11 Å². The molecule has 0 aromatic carbocycles. The zero-order chi connectivity index (χ0) is 13.8. The number of thioether (sulfide) groups is 1. The molecule has 1 aromatic heterocycles. The van der Waals surface area contributed by atoms with E-state index in [1.807, 2.05) is 20.8 Å². The van der Waals surface area contributed by atoms with Crippen molar-refractivity contribution in [2.45, 2.75) is 50.7 Å². The quantitative estimate of drug-likeness (QED) is 0.738. The standard InChI is InChI=1S/C11H19N3O3S/c1-4-11(5-2,6-3)14-9(17)12-13-10(14)18-7-8(15)16/h4-7H2,1-3H3,(H,12,17)(H,15,16). The van der Waals surface area contributed by atoms with Crippen molar-refractivity contribution in [3.05, 3.63) is 10.5 Å². The van der Waals surface area contributed by atoms with Crippen molar-refractivity contribution in [3.8, 4) is 0 Å². The van der Waals surface area contributed by atoms with E-state index < -0.39 is 5.97 Å². The molecule has 6 nitrogen and oxygen atoms in total. The topological polar surface area (TPSA) is 88.0 Å². The van der Waals surface area contributed by atoms with Crippen LogP contribution in [0.3, 0.4) is 0 Å². The first-order chi connectivity index (χ1) is 8.50. The summed E-state index contributed by atoms with van der Waals surface area (Å²) in [4.78, 5) is 22.5. The maximum atomic E-state index is 11.9. The lowest BCUT2D eigenvalue weighted by Gasteiger charge is -2.32. The van der Waals surface area contributed by atoms with Crippen LogP contribution in [0.15, 0.2) is 9.95 Å². The Morgan fingerprint density at radius 2 is 1.94 bits per heavy atom. The third-order valence-corrected chi connectivity index (χ3v) is 4.34. The molecule has 1 heterocycles. The molecule has 0 aliphatic carbocycles. The molecule has 102 valence electrons. The molecule has 2 N–H and O–H groups in total. The third kappa shape index (κ3) is 2.77. The van der Waals surface area contributed by atoms with Crippen LogP contribution < -0.4 is 5.69 Å². The number of nitrogens with one attached hydrogen (secondary N) is 1. The Balaban J connectivity index is 3.17. The van der Waals surface area contributed by atoms with Crippen LogP contribution in [0.2, 0.25) is 0 Å². The average molecular weight is 273 g/mol. The average Bonchev–Trinajstić information content (AvgIpc) is 2.72. The van der Waals surface area contributed by atoms with E-state index in [1.165, 1.54) is 0 Å². The molecule has 0 unspecified atom stereocenters. The number of aromatic amines is 1. The van der Waals surface area contributed by atoms with Gasteiger partial charge in [-0.2, -0.15) is 0 Å². The first-order valence-electron chi connectivity index (χ1n) is 6.03. The van der Waals surface area contributed by atoms with Gasteiger partial charge in [-0.3, -0.25) is 9.36 Å². The molecule has 0 saturated carbocycles. The lowest BCUT2D eigenvalue weighted by Crippen LogP contribution is -2.39. The number of carboxylic acid groups (broad SMARTS) is 1. The molecule has 0 atom stereocenters. The molecule has 1 aromatic rings. The van der Waals surface area contributed by atoms with Gasteiger partial charge in [-0.05, 0) is 19.3 Å². The van der Waals surface area contributed by atoms with E-state index in [1.54, 1.807) is 4.57 Å². The molecule has 7 heteroatoms. The van der Waals surface area contributed by atoms with Crippen molar-refractivity contribution >= 4 is 17.7 Å². The van der Waals surface area contributed by atoms with Gasteiger partial charge in [-0.15, -0.1) is 5.10 Å². The third-order valence-electron chi connectivity index (χ3n) is 3.41. The summed E-state index contributed by atoms with van der Waals surface area (Å²) in [6, 6.07) is 0. The number of hydrogen-bond donors (Lipinski definition) is 2. The Morgan fingerprint density at radius 3 is 2.39 bits per heavy atom. The molecule has 0 saturated heterocycles. The summed E-state index contributed by atoms with van der Waals surface area (Å²) in [5.41, 5.74) is -0.557. The molecular weight excluding hydrogens is 254 g/mol. The minimum Gasteiger partial charge on any atom is -0.481 e. The van der Waals surface area contributed by atoms with E-state index in [-0.39, 0.29) is 17.0 Å². The Morgan fingerprint density at radius 1 is 1.39 bits per heavy atom. The number of carbonyl (C=O) groups is 1. The molecule has 0 fully saturated rings. The second kappa shape index (κ2) is 6.08. The summed E-state index contributed by atoms with van der Waals surface area (Å²) >= 11 is 1.07. The highest BCUT2D eigenvalue weighted by Crippen LogP contribution is 2.31. The number of carboxylic acids is 1. The molecule has 0 radical (unpaired) electrons. The number of aromatic nitrogens is 3. The smallest absolute Gasteiger partial charge is 0.344 e. The fourth-order valence-electron chi connectivity index (χ4n) is 2.15. The maximum Gasteiger partial charge on any atom is 0.344 e. The zero-order valence-corrected chi connectivity index (χ0v) is 11.7. The summed E-state index contributed by atoms with van der Waals surface area (Å²) in [5.74, 6) is -1.02. The van der Waals surface area contributed by atoms with Crippen molar-refractivity contribution in [1.29, 1.82) is 0 Å². The summed E-state index contributed by atoms with van der Waals surface area (Å²) < 4.78 is 1.61. The van der Waals surface area contributed by atoms with E-state index in [0.717, 1.165) is 31.0 Å². The normalized spacial score (nSPS) is 11.7. The fourth-order valence-corrected chi connectivity index (χ4v) is 2.92. The molecule has 0 amide bonds. The fraction of sp³-hybridized carbons (Fsp3) is 0.727. The number of rotatable bonds is 7. The van der Waals surface area contributed by atoms with Gasteiger partial charge in [0.05, 0.1) is 11.3 Å². The van der Waals surface area contributed by atoms with Crippen LogP contribution in [0, 0.1) is 0 Å². The molecule has 18 heavy (non-hydrogen) atoms. The van der Waals surface area contributed by atoms with E-state index >= 15 is 0 Å². The van der Waals surface area contributed by atoms with Crippen molar-refractivity contribution in [2.75, 3.05) is 5.75 Å². The lowest BCUT2D eigenvalue weighted by molar-refractivity contribution is -0.133. The Kier molecular flexibility index (Phi) is 5.01. The van der Waals surface area contributed by atoms with Crippen molar-refractivity contribution in [1.82, 2.24) is 14.8 Å². The summed E-state index contributed by atoms with van der Waals surface area (Å²) in [6.07, 6.45) is 2.42. The first-order valence-corrected chi connectivity index (χ1v) is 7.01. The maximum absolute atomic E-state index is 11.9. The van der Waals surface area contributed by atoms with Crippen LogP contribution >= 0.6 is 11.8 Å². The Bertz CT molecular complexity index is 454. The highest BCUT2D eigenvalue weighted by Gasteiger charge is 2.31. The van der Waals surface area contributed by atoms with Gasteiger partial charge in [0.25, 0.3) is 0 Å². The highest BCUT2D eigenvalue weighted by molar-refractivity contribution is 7.99. The van der Waals surface area contributed by atoms with Crippen LogP contribution in [0.1, 0.15) is 40.0 Å². The van der Waals surface area contributed by atoms with E-state index in [9.17, 15) is 9.59 Å². The predicted octanol–water partition coefficient (Wildman–Crippen LogP) is 1.67. The van der Waals surface area contributed by atoms with E-state index in [2.05, 4.69) is 10.2 Å². The Labute approximate surface area is 110 Å². The lowest BCUT2D eigenvalue weighted by atomic mass is 9.90. The molecule has 0 aliphatic heterocycles. The minimum absolute atomic E-state index is 0.0997. The largest absolute Gasteiger partial charge is 0.481 e. The molecule has 0 aliphatic rings. The van der Waals surface area contributed by atoms with Gasteiger partial charge in [0.15, 0.2) is 5.16 Å². The molecular formula is C11H19N3O3S. The SMILES string of the molecule is CCC(CC)(CC)n1c(SCC(=O)O)n[nH]c1=O. The summed E-state index contributed by atoms with van der Waals surface area (Å²) in [5, 5.41) is 15.5. The first kappa shape index (κ1) is 14.8. The van der Waals surface area contributed by atoms with Crippen LogP contribution in [0.4, 0.5) is 0 Å². The van der Waals surface area contributed by atoms with Gasteiger partial charge in [0.1, 0.15) is 0 Å². The number of aliphatic carboxylic acids is 1. The second-order valence-corrected chi connectivity index (χ2v) is 5.06. The molecule has 0 bridgehead atoms. The summed E-state index contributed by atoms with van der Waals surface area (Å²) in [7, 11) is 0. The summed E-state index contributed by atoms with van der Waals surface area (Å²) in [6.45, 7) is 6.08. The van der Waals surface area contributed by atoms with E-state index in [0.29, 0.717) is 5.16 Å². The number of hydrogen-bond acceptors (Lipinski definition) is 4. The molecule has 0 spiro atoms. The highest BCUT2D eigenvalue weighted by atomic mass is 32.2. The van der Waals surface area contributed by atoms with Crippen LogP contribution in [-0.4, -0.2) is 31.6 Å². The van der Waals surface area contributed by atoms with Gasteiger partial charge in [0.2, 0.25) is 0 Å². The van der Waals surface area contributed by atoms with Gasteiger partial charge >= 0.3 is 11.7 Å². The zero-order valence-electron chi connectivity index (χ0n) is 10.9. The van der Waals surface area contributed by atoms with Crippen molar-refractivity contribution in [2.24, 2.45) is 0 Å². The minimum atomic E-state index is -0.919. The van der Waals surface area contributed by atoms with Crippen molar-refractivity contribution in [3.63, 3.8) is 0 Å². The van der Waals surface area contributed by atoms with Crippen LogP contribution in [0.5, 0.6) is 0 Å². The second-order valence-electron chi connectivity index (χ2n) is 4.11. The Hall–Kier alpha value is -1.24. The van der Waals surface area contributed by atoms with Gasteiger partial charge in [-0.1, -0.05) is 32.5 Å². The monoisotopic (exact) mass is 273 g/mol. The molecule has 1 rings (SSSR count). The van der Waals surface area contributed by atoms with Gasteiger partial charge < -0.3 is 5.11 Å². The van der Waals surface area contributed by atoms with Gasteiger partial charge in [-0.25, -0.2) is 9.89 Å². The predicted molar refractivity (Wildman–Crippen MR) is 70.1 cm³/mol.